The van der Waals surface area contributed by atoms with Gasteiger partial charge in [-0.15, -0.1) is 0 Å². The van der Waals surface area contributed by atoms with Gasteiger partial charge in [0.1, 0.15) is 18.5 Å². The average Bonchev–Trinajstić information content (AvgIpc) is 3.42. The number of phosphoric ester groups is 2. The molecular weight excluding hydrogens is 798 g/mol. The maximum absolute atomic E-state index is 12.7. The molecule has 338 valence electrons. The van der Waals surface area contributed by atoms with E-state index in [1.165, 1.54) is 25.7 Å². The molecule has 1 aliphatic rings. The van der Waals surface area contributed by atoms with Crippen molar-refractivity contribution in [3.05, 3.63) is 24.3 Å². The number of aliphatic hydroxyl groups excluding tert-OH is 3. The van der Waals surface area contributed by atoms with Crippen LogP contribution in [0.25, 0.3) is 0 Å². The average molecular weight is 871 g/mol. The van der Waals surface area contributed by atoms with Crippen molar-refractivity contribution < 1.29 is 76.6 Å². The fourth-order valence-corrected chi connectivity index (χ4v) is 7.49. The minimum atomic E-state index is -4.90. The fourth-order valence-electron chi connectivity index (χ4n) is 6.34. The molecule has 0 radical (unpaired) electrons. The van der Waals surface area contributed by atoms with Gasteiger partial charge in [-0.1, -0.05) is 116 Å². The molecule has 0 aromatic rings. The molecule has 0 heterocycles. The number of carbonyl (C=O) groups is 3. The van der Waals surface area contributed by atoms with Crippen LogP contribution in [0, 0.1) is 17.8 Å². The fraction of sp³-hybridized carbons (Fsp3) is 0.825. The van der Waals surface area contributed by atoms with Crippen molar-refractivity contribution in [3.8, 4) is 0 Å². The van der Waals surface area contributed by atoms with Crippen molar-refractivity contribution in [2.45, 2.75) is 167 Å². The Bertz CT molecular complexity index is 1300. The lowest BCUT2D eigenvalue weighted by atomic mass is 9.90. The molecule has 1 saturated carbocycles. The lowest BCUT2D eigenvalue weighted by Gasteiger charge is -2.20. The molecule has 1 unspecified atom stereocenters. The number of hydrogen-bond donors (Lipinski definition) is 6. The summed E-state index contributed by atoms with van der Waals surface area (Å²) in [7, 11) is -9.77. The van der Waals surface area contributed by atoms with E-state index in [9.17, 15) is 43.7 Å². The van der Waals surface area contributed by atoms with Gasteiger partial charge in [-0.25, -0.2) is 9.13 Å². The van der Waals surface area contributed by atoms with Crippen LogP contribution in [-0.4, -0.2) is 98.6 Å². The van der Waals surface area contributed by atoms with Gasteiger partial charge in [0.15, 0.2) is 6.10 Å². The quantitative estimate of drug-likeness (QED) is 0.0166. The molecule has 1 fully saturated rings. The number of aliphatic hydroxyl groups is 3. The Balaban J connectivity index is 2.62. The first-order chi connectivity index (χ1) is 27.4. The SMILES string of the molecule is CCCCC[C@H](O)/C=C/[C@H]1[C@H](O)CC(=O)[C@@H]1C/C=C\CCCC(=O)O[C@H](COC(=O)CCCCCCCCCCC(C)C)COP(=O)(O)OC[C@@H](O)COP(=O)(O)O. The van der Waals surface area contributed by atoms with Gasteiger partial charge in [-0.05, 0) is 38.0 Å². The molecule has 16 nitrogen and oxygen atoms in total. The first kappa shape index (κ1) is 54.2. The number of phosphoric acid groups is 2. The number of esters is 2. The highest BCUT2D eigenvalue weighted by molar-refractivity contribution is 7.47. The number of hydrogen-bond acceptors (Lipinski definition) is 13. The second-order valence-corrected chi connectivity index (χ2v) is 18.2. The monoisotopic (exact) mass is 870 g/mol. The largest absolute Gasteiger partial charge is 0.472 e. The summed E-state index contributed by atoms with van der Waals surface area (Å²) >= 11 is 0. The third-order valence-electron chi connectivity index (χ3n) is 9.63. The molecule has 58 heavy (non-hydrogen) atoms. The summed E-state index contributed by atoms with van der Waals surface area (Å²) in [6, 6.07) is 0. The van der Waals surface area contributed by atoms with Gasteiger partial charge < -0.3 is 39.5 Å². The van der Waals surface area contributed by atoms with Crippen molar-refractivity contribution in [2.24, 2.45) is 17.8 Å². The Morgan fingerprint density at radius 3 is 2.03 bits per heavy atom. The van der Waals surface area contributed by atoms with Gasteiger partial charge in [-0.3, -0.25) is 28.0 Å². The summed E-state index contributed by atoms with van der Waals surface area (Å²) in [5, 5.41) is 30.4. The molecule has 18 heteroatoms. The minimum Gasteiger partial charge on any atom is -0.462 e. The maximum Gasteiger partial charge on any atom is 0.472 e. The van der Waals surface area contributed by atoms with Gasteiger partial charge in [0.05, 0.1) is 32.0 Å². The molecule has 0 aliphatic heterocycles. The van der Waals surface area contributed by atoms with Crippen LogP contribution in [-0.2, 0) is 46.6 Å². The summed E-state index contributed by atoms with van der Waals surface area (Å²) in [5.41, 5.74) is 0. The van der Waals surface area contributed by atoms with Gasteiger partial charge in [0.2, 0.25) is 0 Å². The number of rotatable bonds is 35. The highest BCUT2D eigenvalue weighted by Crippen LogP contribution is 2.44. The van der Waals surface area contributed by atoms with E-state index >= 15 is 0 Å². The molecule has 0 saturated heterocycles. The Hall–Kier alpha value is -1.81. The number of carbonyl (C=O) groups excluding carboxylic acids is 3. The topological polar surface area (TPSA) is 253 Å². The van der Waals surface area contributed by atoms with Crippen LogP contribution >= 0.6 is 15.6 Å². The molecule has 0 spiro atoms. The van der Waals surface area contributed by atoms with Gasteiger partial charge in [0.25, 0.3) is 0 Å². The van der Waals surface area contributed by atoms with E-state index in [1.54, 1.807) is 12.2 Å². The Morgan fingerprint density at radius 1 is 0.776 bits per heavy atom. The standard InChI is InChI=1S/C40H72O16P2/c1-4-5-14-20-32(41)24-25-36-35(37(43)26-38(36)44)21-16-12-13-18-23-40(46)56-34(30-55-58(50,51)54-28-33(42)27-53-57(47,48)49)29-52-39(45)22-17-11-9-7-6-8-10-15-19-31(2)3/h12,16,24-25,31-36,38,41-42,44H,4-11,13-15,17-23,26-30H2,1-3H3,(H,50,51)(H2,47,48,49)/b16-12-,25-24+/t32-,33-,34+,35+,36+,38+/m0/s1. The van der Waals surface area contributed by atoms with E-state index in [2.05, 4.69) is 29.8 Å². The third kappa shape index (κ3) is 28.6. The predicted octanol–water partition coefficient (Wildman–Crippen LogP) is 6.78. The maximum atomic E-state index is 12.7. The summed E-state index contributed by atoms with van der Waals surface area (Å²) in [4.78, 5) is 65.3. The zero-order valence-electron chi connectivity index (χ0n) is 34.8. The van der Waals surface area contributed by atoms with E-state index in [1.807, 2.05) is 12.2 Å². The van der Waals surface area contributed by atoms with Crippen LogP contribution in [0.15, 0.2) is 24.3 Å². The minimum absolute atomic E-state index is 0.0500. The van der Waals surface area contributed by atoms with Crippen LogP contribution < -0.4 is 0 Å². The number of unbranched alkanes of at least 4 members (excludes halogenated alkanes) is 10. The first-order valence-corrected chi connectivity index (χ1v) is 24.0. The van der Waals surface area contributed by atoms with Crippen molar-refractivity contribution in [3.63, 3.8) is 0 Å². The summed E-state index contributed by atoms with van der Waals surface area (Å²) in [6.45, 7) is 3.58. The van der Waals surface area contributed by atoms with Gasteiger partial charge in [-0.2, -0.15) is 0 Å². The smallest absolute Gasteiger partial charge is 0.462 e. The van der Waals surface area contributed by atoms with Crippen molar-refractivity contribution in [2.75, 3.05) is 26.4 Å². The van der Waals surface area contributed by atoms with E-state index in [0.29, 0.717) is 32.1 Å². The molecule has 6 N–H and O–H groups in total. The molecule has 1 rings (SSSR count). The lowest BCUT2D eigenvalue weighted by Crippen LogP contribution is -2.29. The second kappa shape index (κ2) is 31.1. The third-order valence-corrected chi connectivity index (χ3v) is 11.1. The first-order valence-electron chi connectivity index (χ1n) is 21.0. The molecule has 0 bridgehead atoms. The zero-order valence-corrected chi connectivity index (χ0v) is 36.6. The number of ketones is 1. The molecule has 0 amide bonds. The molecule has 7 atom stereocenters. The van der Waals surface area contributed by atoms with Crippen LogP contribution in [0.3, 0.4) is 0 Å². The number of Topliss-reactive ketones (excluding diaryl/α,β-unsaturated/α-hetero) is 1. The highest BCUT2D eigenvalue weighted by atomic mass is 31.2. The molecule has 1 aliphatic carbocycles. The van der Waals surface area contributed by atoms with E-state index in [0.717, 1.165) is 50.9 Å². The van der Waals surface area contributed by atoms with Crippen molar-refractivity contribution in [1.82, 2.24) is 0 Å². The van der Waals surface area contributed by atoms with Crippen LogP contribution in [0.2, 0.25) is 0 Å². The van der Waals surface area contributed by atoms with Crippen molar-refractivity contribution in [1.29, 1.82) is 0 Å². The van der Waals surface area contributed by atoms with E-state index < -0.39 is 90.3 Å². The normalized spacial score (nSPS) is 20.2. The van der Waals surface area contributed by atoms with E-state index in [-0.39, 0.29) is 25.0 Å². The highest BCUT2D eigenvalue weighted by Gasteiger charge is 2.39. The zero-order chi connectivity index (χ0) is 43.4. The number of ether oxygens (including phenoxy) is 2. The van der Waals surface area contributed by atoms with Crippen LogP contribution in [0.4, 0.5) is 0 Å². The lowest BCUT2D eigenvalue weighted by molar-refractivity contribution is -0.161. The summed E-state index contributed by atoms with van der Waals surface area (Å²) < 4.78 is 47.6. The molecular formula is C40H72O16P2. The van der Waals surface area contributed by atoms with Gasteiger partial charge in [0, 0.05) is 31.1 Å². The Labute approximate surface area is 345 Å². The summed E-state index contributed by atoms with van der Waals surface area (Å²) in [6.07, 6.45) is 17.2. The predicted molar refractivity (Wildman–Crippen MR) is 217 cm³/mol. The molecule has 0 aromatic carbocycles. The van der Waals surface area contributed by atoms with Crippen LogP contribution in [0.5, 0.6) is 0 Å². The second-order valence-electron chi connectivity index (χ2n) is 15.5. The Morgan fingerprint density at radius 2 is 1.38 bits per heavy atom. The van der Waals surface area contributed by atoms with Crippen molar-refractivity contribution >= 4 is 33.4 Å². The van der Waals surface area contributed by atoms with Gasteiger partial charge >= 0.3 is 27.6 Å². The van der Waals surface area contributed by atoms with E-state index in [4.69, 9.17) is 23.8 Å². The Kier molecular flexibility index (Phi) is 29.1. The summed E-state index contributed by atoms with van der Waals surface area (Å²) in [5.74, 6) is -1.38. The molecule has 0 aromatic heterocycles. The van der Waals surface area contributed by atoms with Crippen LogP contribution in [0.1, 0.15) is 143 Å². The number of allylic oxidation sites excluding steroid dienone is 2.